The molecule has 2 aromatic rings. The van der Waals surface area contributed by atoms with Crippen LogP contribution in [0.4, 0.5) is 0 Å². The summed E-state index contributed by atoms with van der Waals surface area (Å²) in [6.45, 7) is 4.35. The van der Waals surface area contributed by atoms with Crippen LogP contribution in [0.5, 0.6) is 0 Å². The van der Waals surface area contributed by atoms with E-state index < -0.39 is 0 Å². The molecule has 0 aliphatic rings. The second kappa shape index (κ2) is 9.99. The summed E-state index contributed by atoms with van der Waals surface area (Å²) in [6.07, 6.45) is 0. The van der Waals surface area contributed by atoms with E-state index in [1.807, 2.05) is 30.3 Å². The van der Waals surface area contributed by atoms with Crippen molar-refractivity contribution in [2.45, 2.75) is 6.92 Å². The predicted molar refractivity (Wildman–Crippen MR) is 91.0 cm³/mol. The minimum atomic E-state index is -0.225. The van der Waals surface area contributed by atoms with Gasteiger partial charge in [-0.05, 0) is 19.1 Å². The number of hydrogen-bond acceptors (Lipinski definition) is 5. The van der Waals surface area contributed by atoms with Crippen LogP contribution in [0.15, 0.2) is 34.7 Å². The maximum absolute atomic E-state index is 12.1. The molecule has 0 saturated carbocycles. The maximum atomic E-state index is 12.1. The van der Waals surface area contributed by atoms with E-state index in [0.717, 1.165) is 12.1 Å². The average molecular weight is 340 g/mol. The average Bonchev–Trinajstić information content (AvgIpc) is 2.93. The van der Waals surface area contributed by atoms with Crippen LogP contribution in [0.2, 0.25) is 0 Å². The van der Waals surface area contributed by atoms with Crippen LogP contribution in [0, 0.1) is 6.92 Å². The van der Waals surface area contributed by atoms with Crippen molar-refractivity contribution in [3.8, 4) is 11.5 Å². The van der Waals surface area contributed by atoms with E-state index in [1.165, 1.54) is 0 Å². The molecule has 0 atom stereocenters. The fraction of sp³-hybridized carbons (Fsp3) is 0.375. The third-order valence-corrected chi connectivity index (χ3v) is 3.10. The van der Waals surface area contributed by atoms with Gasteiger partial charge in [-0.3, -0.25) is 4.79 Å². The SMILES string of the molecule is COCCNCCNC(=O)c1nc(-c2ccccc2)oc1C.Cl. The molecular weight excluding hydrogens is 318 g/mol. The Labute approximate surface area is 142 Å². The standard InChI is InChI=1S/C16H21N3O3.ClH/c1-12-14(15(20)18-9-8-17-10-11-21-2)19-16(22-12)13-6-4-3-5-7-13;/h3-7,17H,8-11H2,1-2H3,(H,18,20);1H. The molecule has 0 bridgehead atoms. The van der Waals surface area contributed by atoms with Crippen molar-refractivity contribution < 1.29 is 13.9 Å². The molecule has 2 N–H and O–H groups in total. The molecule has 0 saturated heterocycles. The second-order valence-corrected chi connectivity index (χ2v) is 4.79. The summed E-state index contributed by atoms with van der Waals surface area (Å²) in [7, 11) is 1.65. The minimum Gasteiger partial charge on any atom is -0.441 e. The summed E-state index contributed by atoms with van der Waals surface area (Å²) in [4.78, 5) is 16.4. The van der Waals surface area contributed by atoms with E-state index in [1.54, 1.807) is 14.0 Å². The lowest BCUT2D eigenvalue weighted by molar-refractivity contribution is 0.0948. The zero-order valence-corrected chi connectivity index (χ0v) is 14.1. The number of amides is 1. The normalized spacial score (nSPS) is 10.2. The van der Waals surface area contributed by atoms with Crippen LogP contribution in [0.25, 0.3) is 11.5 Å². The van der Waals surface area contributed by atoms with Gasteiger partial charge in [0.25, 0.3) is 5.91 Å². The van der Waals surface area contributed by atoms with Gasteiger partial charge in [-0.2, -0.15) is 0 Å². The molecule has 0 aliphatic heterocycles. The number of carbonyl (C=O) groups is 1. The maximum Gasteiger partial charge on any atom is 0.273 e. The second-order valence-electron chi connectivity index (χ2n) is 4.79. The number of ether oxygens (including phenoxy) is 1. The highest BCUT2D eigenvalue weighted by molar-refractivity contribution is 5.93. The molecule has 0 radical (unpaired) electrons. The monoisotopic (exact) mass is 339 g/mol. The zero-order valence-electron chi connectivity index (χ0n) is 13.3. The van der Waals surface area contributed by atoms with Gasteiger partial charge in [0.2, 0.25) is 5.89 Å². The van der Waals surface area contributed by atoms with Gasteiger partial charge in [0.05, 0.1) is 6.61 Å². The number of nitrogens with one attached hydrogen (secondary N) is 2. The Hall–Kier alpha value is -1.89. The summed E-state index contributed by atoms with van der Waals surface area (Å²) in [6, 6.07) is 9.52. The number of aromatic nitrogens is 1. The Morgan fingerprint density at radius 3 is 2.65 bits per heavy atom. The lowest BCUT2D eigenvalue weighted by Gasteiger charge is -2.05. The first-order valence-corrected chi connectivity index (χ1v) is 7.23. The summed E-state index contributed by atoms with van der Waals surface area (Å²) in [5.41, 5.74) is 1.18. The van der Waals surface area contributed by atoms with E-state index in [4.69, 9.17) is 9.15 Å². The van der Waals surface area contributed by atoms with E-state index >= 15 is 0 Å². The largest absolute Gasteiger partial charge is 0.441 e. The Balaban J connectivity index is 0.00000264. The lowest BCUT2D eigenvalue weighted by atomic mass is 10.2. The molecule has 0 aliphatic carbocycles. The molecule has 0 unspecified atom stereocenters. The molecule has 6 nitrogen and oxygen atoms in total. The van der Waals surface area contributed by atoms with Crippen LogP contribution < -0.4 is 10.6 Å². The van der Waals surface area contributed by atoms with Crippen molar-refractivity contribution in [1.29, 1.82) is 0 Å². The van der Waals surface area contributed by atoms with Crippen molar-refractivity contribution in [3.63, 3.8) is 0 Å². The van der Waals surface area contributed by atoms with E-state index in [9.17, 15) is 4.79 Å². The smallest absolute Gasteiger partial charge is 0.273 e. The van der Waals surface area contributed by atoms with Gasteiger partial charge in [-0.25, -0.2) is 4.98 Å². The summed E-state index contributed by atoms with van der Waals surface area (Å²) in [5.74, 6) is 0.752. The molecular formula is C16H22ClN3O3. The number of hydrogen-bond donors (Lipinski definition) is 2. The molecule has 0 spiro atoms. The van der Waals surface area contributed by atoms with Crippen LogP contribution >= 0.6 is 12.4 Å². The Kier molecular flexibility index (Phi) is 8.32. The molecule has 7 heteroatoms. The van der Waals surface area contributed by atoms with Crippen molar-refractivity contribution in [2.75, 3.05) is 33.4 Å². The molecule has 1 aromatic heterocycles. The molecule has 0 fully saturated rings. The van der Waals surface area contributed by atoms with Crippen molar-refractivity contribution in [1.82, 2.24) is 15.6 Å². The van der Waals surface area contributed by atoms with Gasteiger partial charge < -0.3 is 19.8 Å². The minimum absolute atomic E-state index is 0. The zero-order chi connectivity index (χ0) is 15.8. The highest BCUT2D eigenvalue weighted by Crippen LogP contribution is 2.21. The Morgan fingerprint density at radius 2 is 1.96 bits per heavy atom. The summed E-state index contributed by atoms with van der Waals surface area (Å²) >= 11 is 0. The number of methoxy groups -OCH3 is 1. The first-order chi connectivity index (χ1) is 10.7. The van der Waals surface area contributed by atoms with Crippen LogP contribution in [-0.4, -0.2) is 44.2 Å². The van der Waals surface area contributed by atoms with Crippen molar-refractivity contribution in [2.24, 2.45) is 0 Å². The van der Waals surface area contributed by atoms with Crippen LogP contribution in [-0.2, 0) is 4.74 Å². The van der Waals surface area contributed by atoms with Crippen molar-refractivity contribution >= 4 is 18.3 Å². The molecule has 23 heavy (non-hydrogen) atoms. The highest BCUT2D eigenvalue weighted by atomic mass is 35.5. The third-order valence-electron chi connectivity index (χ3n) is 3.10. The molecule has 1 amide bonds. The quantitative estimate of drug-likeness (QED) is 0.720. The number of benzene rings is 1. The van der Waals surface area contributed by atoms with E-state index in [2.05, 4.69) is 15.6 Å². The fourth-order valence-electron chi connectivity index (χ4n) is 1.96. The lowest BCUT2D eigenvalue weighted by Crippen LogP contribution is -2.33. The number of halogens is 1. The van der Waals surface area contributed by atoms with Gasteiger partial charge in [-0.1, -0.05) is 18.2 Å². The van der Waals surface area contributed by atoms with Crippen LogP contribution in [0.1, 0.15) is 16.2 Å². The van der Waals surface area contributed by atoms with Crippen molar-refractivity contribution in [3.05, 3.63) is 41.8 Å². The van der Waals surface area contributed by atoms with Crippen LogP contribution in [0.3, 0.4) is 0 Å². The Morgan fingerprint density at radius 1 is 1.22 bits per heavy atom. The number of carbonyl (C=O) groups excluding carboxylic acids is 1. The number of rotatable bonds is 8. The number of aryl methyl sites for hydroxylation is 1. The number of oxazole rings is 1. The van der Waals surface area contributed by atoms with Gasteiger partial charge >= 0.3 is 0 Å². The van der Waals surface area contributed by atoms with Gasteiger partial charge in [-0.15, -0.1) is 12.4 Å². The molecule has 126 valence electrons. The molecule has 1 aromatic carbocycles. The third kappa shape index (κ3) is 5.67. The van der Waals surface area contributed by atoms with Gasteiger partial charge in [0, 0.05) is 32.3 Å². The van der Waals surface area contributed by atoms with Gasteiger partial charge in [0.15, 0.2) is 5.69 Å². The fourth-order valence-corrected chi connectivity index (χ4v) is 1.96. The first kappa shape index (κ1) is 19.2. The first-order valence-electron chi connectivity index (χ1n) is 7.23. The van der Waals surface area contributed by atoms with E-state index in [0.29, 0.717) is 37.0 Å². The summed E-state index contributed by atoms with van der Waals surface area (Å²) < 4.78 is 10.5. The van der Waals surface area contributed by atoms with Gasteiger partial charge in [0.1, 0.15) is 5.76 Å². The summed E-state index contributed by atoms with van der Waals surface area (Å²) in [5, 5.41) is 5.97. The number of nitrogens with zero attached hydrogens (tertiary/aromatic N) is 1. The topological polar surface area (TPSA) is 76.4 Å². The molecule has 2 rings (SSSR count). The Bertz CT molecular complexity index is 602. The van der Waals surface area contributed by atoms with E-state index in [-0.39, 0.29) is 18.3 Å². The molecule has 1 heterocycles. The predicted octanol–water partition coefficient (Wildman–Crippen LogP) is 2.04. The highest BCUT2D eigenvalue weighted by Gasteiger charge is 2.17.